The second kappa shape index (κ2) is 10.2. The van der Waals surface area contributed by atoms with Gasteiger partial charge in [0.2, 0.25) is 0 Å². The van der Waals surface area contributed by atoms with Crippen LogP contribution in [0.15, 0.2) is 24.3 Å². The van der Waals surface area contributed by atoms with Gasteiger partial charge in [-0.25, -0.2) is 0 Å². The molecule has 0 aliphatic rings. The van der Waals surface area contributed by atoms with Crippen LogP contribution in [0.4, 0.5) is 13.2 Å². The molecule has 1 aromatic rings. The van der Waals surface area contributed by atoms with Crippen molar-refractivity contribution in [2.75, 3.05) is 13.2 Å². The SMILES string of the molecule is CCOC(=N)C(CCC(=O)OCC)c1ccccc1C(F)(F)F.Cl. The molecule has 0 saturated carbocycles. The van der Waals surface area contributed by atoms with Gasteiger partial charge in [-0.3, -0.25) is 10.2 Å². The molecule has 0 saturated heterocycles. The highest BCUT2D eigenvalue weighted by Gasteiger charge is 2.36. The highest BCUT2D eigenvalue weighted by atomic mass is 35.5. The quantitative estimate of drug-likeness (QED) is 0.436. The van der Waals surface area contributed by atoms with Crippen molar-refractivity contribution in [1.82, 2.24) is 0 Å². The van der Waals surface area contributed by atoms with Crippen LogP contribution in [0, 0.1) is 5.41 Å². The molecule has 1 rings (SSSR count). The van der Waals surface area contributed by atoms with E-state index >= 15 is 0 Å². The van der Waals surface area contributed by atoms with Gasteiger partial charge >= 0.3 is 12.1 Å². The predicted octanol–water partition coefficient (Wildman–Crippen LogP) is 4.57. The van der Waals surface area contributed by atoms with Crippen molar-refractivity contribution in [1.29, 1.82) is 5.41 Å². The lowest BCUT2D eigenvalue weighted by atomic mass is 9.89. The lowest BCUT2D eigenvalue weighted by Crippen LogP contribution is -2.21. The minimum Gasteiger partial charge on any atom is -0.481 e. The maximum Gasteiger partial charge on any atom is 0.416 e. The molecule has 1 atom stereocenters. The molecule has 4 nitrogen and oxygen atoms in total. The van der Waals surface area contributed by atoms with Gasteiger partial charge in [0.15, 0.2) is 5.90 Å². The number of rotatable bonds is 7. The summed E-state index contributed by atoms with van der Waals surface area (Å²) in [5.41, 5.74) is -0.888. The second-order valence-electron chi connectivity index (χ2n) is 4.78. The van der Waals surface area contributed by atoms with Gasteiger partial charge in [0, 0.05) is 6.42 Å². The van der Waals surface area contributed by atoms with Crippen LogP contribution in [-0.2, 0) is 20.4 Å². The van der Waals surface area contributed by atoms with Crippen LogP contribution in [0.2, 0.25) is 0 Å². The minimum atomic E-state index is -4.54. The molecule has 8 heteroatoms. The first-order valence-corrected chi connectivity index (χ1v) is 7.34. The Morgan fingerprint density at radius 2 is 1.75 bits per heavy atom. The van der Waals surface area contributed by atoms with Crippen molar-refractivity contribution < 1.29 is 27.4 Å². The Bertz CT molecular complexity index is 550. The summed E-state index contributed by atoms with van der Waals surface area (Å²) >= 11 is 0. The number of carbonyl (C=O) groups is 1. The molecule has 0 aromatic heterocycles. The molecule has 0 amide bonds. The Morgan fingerprint density at radius 3 is 2.29 bits per heavy atom. The van der Waals surface area contributed by atoms with Crippen molar-refractivity contribution >= 4 is 24.3 Å². The number of hydrogen-bond donors (Lipinski definition) is 1. The third-order valence-electron chi connectivity index (χ3n) is 3.20. The van der Waals surface area contributed by atoms with E-state index in [1.165, 1.54) is 18.2 Å². The number of hydrogen-bond acceptors (Lipinski definition) is 4. The average molecular weight is 368 g/mol. The zero-order chi connectivity index (χ0) is 17.5. The van der Waals surface area contributed by atoms with Gasteiger partial charge in [0.25, 0.3) is 0 Å². The molecule has 0 aliphatic heterocycles. The highest BCUT2D eigenvalue weighted by Crippen LogP contribution is 2.37. The van der Waals surface area contributed by atoms with Gasteiger partial charge < -0.3 is 9.47 Å². The van der Waals surface area contributed by atoms with Gasteiger partial charge in [-0.1, -0.05) is 18.2 Å². The first-order valence-electron chi connectivity index (χ1n) is 7.34. The van der Waals surface area contributed by atoms with E-state index in [4.69, 9.17) is 14.9 Å². The van der Waals surface area contributed by atoms with E-state index in [9.17, 15) is 18.0 Å². The number of alkyl halides is 3. The lowest BCUT2D eigenvalue weighted by Gasteiger charge is -2.22. The molecule has 1 N–H and O–H groups in total. The first kappa shape index (κ1) is 22.2. The van der Waals surface area contributed by atoms with Crippen LogP contribution < -0.4 is 0 Å². The van der Waals surface area contributed by atoms with E-state index in [1.807, 2.05) is 0 Å². The number of carbonyl (C=O) groups excluding carboxylic acids is 1. The molecule has 0 radical (unpaired) electrons. The molecule has 0 bridgehead atoms. The number of benzene rings is 1. The van der Waals surface area contributed by atoms with Gasteiger partial charge in [0.1, 0.15) is 0 Å². The highest BCUT2D eigenvalue weighted by molar-refractivity contribution is 5.85. The maximum absolute atomic E-state index is 13.2. The Kier molecular flexibility index (Phi) is 9.43. The van der Waals surface area contributed by atoms with Gasteiger partial charge in [0.05, 0.1) is 24.7 Å². The summed E-state index contributed by atoms with van der Waals surface area (Å²) in [4.78, 5) is 11.5. The first-order chi connectivity index (χ1) is 10.8. The summed E-state index contributed by atoms with van der Waals surface area (Å²) in [6.07, 6.45) is -4.60. The van der Waals surface area contributed by atoms with E-state index in [0.29, 0.717) is 0 Å². The summed E-state index contributed by atoms with van der Waals surface area (Å²) in [6.45, 7) is 3.66. The standard InChI is InChI=1S/C16H20F3NO3.ClH/c1-3-22-14(21)10-9-12(15(20)23-4-2)11-7-5-6-8-13(11)16(17,18)19;/h5-8,12,20H,3-4,9-10H2,1-2H3;1H. The predicted molar refractivity (Wildman–Crippen MR) is 86.7 cm³/mol. The number of nitrogens with one attached hydrogen (secondary N) is 1. The molecule has 136 valence electrons. The van der Waals surface area contributed by atoms with Crippen molar-refractivity contribution in [2.45, 2.75) is 38.8 Å². The Labute approximate surface area is 145 Å². The number of esters is 1. The lowest BCUT2D eigenvalue weighted by molar-refractivity contribution is -0.143. The van der Waals surface area contributed by atoms with E-state index in [-0.39, 0.29) is 49.9 Å². The third-order valence-corrected chi connectivity index (χ3v) is 3.20. The summed E-state index contributed by atoms with van der Waals surface area (Å²) in [5.74, 6) is -1.74. The Balaban J connectivity index is 0.00000529. The van der Waals surface area contributed by atoms with Crippen LogP contribution >= 0.6 is 12.4 Å². The molecule has 1 unspecified atom stereocenters. The summed E-state index contributed by atoms with van der Waals surface area (Å²) in [6, 6.07) is 5.04. The monoisotopic (exact) mass is 367 g/mol. The largest absolute Gasteiger partial charge is 0.481 e. The van der Waals surface area contributed by atoms with Crippen LogP contribution in [-0.4, -0.2) is 25.1 Å². The van der Waals surface area contributed by atoms with Crippen molar-refractivity contribution in [3.63, 3.8) is 0 Å². The van der Waals surface area contributed by atoms with E-state index in [2.05, 4.69) is 0 Å². The molecule has 0 spiro atoms. The molecule has 24 heavy (non-hydrogen) atoms. The van der Waals surface area contributed by atoms with E-state index in [0.717, 1.165) is 6.07 Å². The van der Waals surface area contributed by atoms with Crippen molar-refractivity contribution in [3.8, 4) is 0 Å². The molecule has 0 fully saturated rings. The molecular formula is C16H21ClF3NO3. The molecule has 1 aromatic carbocycles. The van der Waals surface area contributed by atoms with Crippen LogP contribution in [0.5, 0.6) is 0 Å². The van der Waals surface area contributed by atoms with Crippen LogP contribution in [0.25, 0.3) is 0 Å². The Hall–Kier alpha value is -1.76. The second-order valence-corrected chi connectivity index (χ2v) is 4.78. The fourth-order valence-corrected chi connectivity index (χ4v) is 2.24. The maximum atomic E-state index is 13.2. The molecule has 0 aliphatic carbocycles. The zero-order valence-corrected chi connectivity index (χ0v) is 14.3. The van der Waals surface area contributed by atoms with E-state index in [1.54, 1.807) is 13.8 Å². The smallest absolute Gasteiger partial charge is 0.416 e. The number of ether oxygens (including phenoxy) is 2. The fraction of sp³-hybridized carbons (Fsp3) is 0.500. The van der Waals surface area contributed by atoms with E-state index < -0.39 is 23.6 Å². The third kappa shape index (κ3) is 6.39. The normalized spacial score (nSPS) is 12.0. The van der Waals surface area contributed by atoms with Gasteiger partial charge in [-0.05, 0) is 31.9 Å². The molecular weight excluding hydrogens is 347 g/mol. The summed E-state index contributed by atoms with van der Waals surface area (Å²) in [5, 5.41) is 7.89. The van der Waals surface area contributed by atoms with Gasteiger partial charge in [-0.15, -0.1) is 12.4 Å². The zero-order valence-electron chi connectivity index (χ0n) is 13.5. The van der Waals surface area contributed by atoms with Crippen LogP contribution in [0.3, 0.4) is 0 Å². The topological polar surface area (TPSA) is 59.4 Å². The Morgan fingerprint density at radius 1 is 1.17 bits per heavy atom. The fourth-order valence-electron chi connectivity index (χ4n) is 2.24. The average Bonchev–Trinajstić information content (AvgIpc) is 2.47. The van der Waals surface area contributed by atoms with Crippen molar-refractivity contribution in [3.05, 3.63) is 35.4 Å². The van der Waals surface area contributed by atoms with Gasteiger partial charge in [-0.2, -0.15) is 13.2 Å². The van der Waals surface area contributed by atoms with Crippen molar-refractivity contribution in [2.24, 2.45) is 0 Å². The van der Waals surface area contributed by atoms with Crippen LogP contribution in [0.1, 0.15) is 43.7 Å². The summed E-state index contributed by atoms with van der Waals surface area (Å²) in [7, 11) is 0. The molecule has 0 heterocycles. The summed E-state index contributed by atoms with van der Waals surface area (Å²) < 4.78 is 49.4. The minimum absolute atomic E-state index is 0. The number of halogens is 4.